The van der Waals surface area contributed by atoms with Crippen molar-refractivity contribution in [2.45, 2.75) is 33.9 Å². The average Bonchev–Trinajstić information content (AvgIpc) is 2.88. The van der Waals surface area contributed by atoms with E-state index in [-0.39, 0.29) is 0 Å². The number of benzene rings is 1. The summed E-state index contributed by atoms with van der Waals surface area (Å²) in [5.74, 6) is 1.66. The number of ether oxygens (including phenoxy) is 1. The van der Waals surface area contributed by atoms with Crippen molar-refractivity contribution in [1.82, 2.24) is 15.6 Å². The number of hydrogen-bond acceptors (Lipinski definition) is 4. The highest BCUT2D eigenvalue weighted by Crippen LogP contribution is 2.18. The summed E-state index contributed by atoms with van der Waals surface area (Å²) in [6.45, 7) is 8.25. The highest BCUT2D eigenvalue weighted by Gasteiger charge is 2.06. The van der Waals surface area contributed by atoms with Gasteiger partial charge in [-0.25, -0.2) is 9.98 Å². The number of guanidine groups is 1. The predicted octanol–water partition coefficient (Wildman–Crippen LogP) is 3.02. The molecule has 0 spiro atoms. The molecule has 5 nitrogen and oxygen atoms in total. The van der Waals surface area contributed by atoms with Crippen LogP contribution in [-0.4, -0.2) is 24.6 Å². The van der Waals surface area contributed by atoms with Crippen molar-refractivity contribution in [3.63, 3.8) is 0 Å². The lowest BCUT2D eigenvalue weighted by Crippen LogP contribution is -2.36. The van der Waals surface area contributed by atoms with Crippen molar-refractivity contribution in [1.29, 1.82) is 0 Å². The zero-order valence-corrected chi connectivity index (χ0v) is 15.0. The largest absolute Gasteiger partial charge is 0.496 e. The Hall–Kier alpha value is -2.08. The van der Waals surface area contributed by atoms with Crippen LogP contribution in [0.1, 0.15) is 28.1 Å². The van der Waals surface area contributed by atoms with E-state index in [2.05, 4.69) is 27.5 Å². The first-order valence-electron chi connectivity index (χ1n) is 7.71. The van der Waals surface area contributed by atoms with Gasteiger partial charge in [-0.05, 0) is 26.8 Å². The van der Waals surface area contributed by atoms with Crippen molar-refractivity contribution in [2.24, 2.45) is 4.99 Å². The Bertz CT molecular complexity index is 666. The number of methoxy groups -OCH3 is 1. The minimum Gasteiger partial charge on any atom is -0.496 e. The summed E-state index contributed by atoms with van der Waals surface area (Å²) in [6.07, 6.45) is 0. The van der Waals surface area contributed by atoms with Gasteiger partial charge >= 0.3 is 0 Å². The normalized spacial score (nSPS) is 11.4. The van der Waals surface area contributed by atoms with E-state index >= 15 is 0 Å². The molecule has 1 heterocycles. The van der Waals surface area contributed by atoms with Crippen LogP contribution in [0.25, 0.3) is 0 Å². The molecule has 2 rings (SSSR count). The SMILES string of the molecule is CCNC(=NCc1ccccc1OC)NCc1sc(C)nc1C. The van der Waals surface area contributed by atoms with Crippen LogP contribution in [0.3, 0.4) is 0 Å². The number of aliphatic imine (C=N–C) groups is 1. The molecule has 0 aliphatic heterocycles. The van der Waals surface area contributed by atoms with Crippen molar-refractivity contribution >= 4 is 17.3 Å². The molecule has 6 heteroatoms. The Labute approximate surface area is 141 Å². The lowest BCUT2D eigenvalue weighted by Gasteiger charge is -2.11. The van der Waals surface area contributed by atoms with E-state index in [0.29, 0.717) is 6.54 Å². The Kier molecular flexibility index (Phi) is 6.40. The first kappa shape index (κ1) is 17.3. The summed E-state index contributed by atoms with van der Waals surface area (Å²) in [7, 11) is 1.68. The van der Waals surface area contributed by atoms with E-state index in [1.165, 1.54) is 4.88 Å². The number of nitrogens with zero attached hydrogens (tertiary/aromatic N) is 2. The molecule has 0 bridgehead atoms. The molecular formula is C17H24N4OS. The minimum absolute atomic E-state index is 0.569. The van der Waals surface area contributed by atoms with Crippen LogP contribution in [0.4, 0.5) is 0 Å². The first-order valence-corrected chi connectivity index (χ1v) is 8.52. The van der Waals surface area contributed by atoms with Gasteiger partial charge in [0.15, 0.2) is 5.96 Å². The van der Waals surface area contributed by atoms with Gasteiger partial charge in [0.05, 0.1) is 30.9 Å². The highest BCUT2D eigenvalue weighted by molar-refractivity contribution is 7.11. The van der Waals surface area contributed by atoms with Gasteiger partial charge in [0.25, 0.3) is 0 Å². The zero-order valence-electron chi connectivity index (χ0n) is 14.1. The minimum atomic E-state index is 0.569. The van der Waals surface area contributed by atoms with E-state index < -0.39 is 0 Å². The van der Waals surface area contributed by atoms with Gasteiger partial charge < -0.3 is 15.4 Å². The molecule has 23 heavy (non-hydrogen) atoms. The third kappa shape index (κ3) is 4.96. The number of thiazole rings is 1. The lowest BCUT2D eigenvalue weighted by atomic mass is 10.2. The number of hydrogen-bond donors (Lipinski definition) is 2. The standard InChI is InChI=1S/C17H24N4OS/c1-5-18-17(20-11-16-12(2)21-13(3)23-16)19-10-14-8-6-7-9-15(14)22-4/h6-9H,5,10-11H2,1-4H3,(H2,18,19,20). The van der Waals surface area contributed by atoms with Crippen LogP contribution >= 0.6 is 11.3 Å². The Morgan fingerprint density at radius 2 is 2.04 bits per heavy atom. The Morgan fingerprint density at radius 3 is 2.70 bits per heavy atom. The number of aryl methyl sites for hydroxylation is 2. The average molecular weight is 332 g/mol. The number of para-hydroxylation sites is 1. The molecule has 0 fully saturated rings. The van der Waals surface area contributed by atoms with Crippen LogP contribution in [0.2, 0.25) is 0 Å². The number of nitrogens with one attached hydrogen (secondary N) is 2. The molecule has 0 saturated carbocycles. The molecule has 1 aromatic heterocycles. The maximum atomic E-state index is 5.37. The third-order valence-electron chi connectivity index (χ3n) is 3.36. The molecule has 2 aromatic rings. The second kappa shape index (κ2) is 8.53. The fraction of sp³-hybridized carbons (Fsp3) is 0.412. The second-order valence-electron chi connectivity index (χ2n) is 5.10. The van der Waals surface area contributed by atoms with Gasteiger partial charge in [-0.3, -0.25) is 0 Å². The molecule has 0 radical (unpaired) electrons. The van der Waals surface area contributed by atoms with Gasteiger partial charge in [-0.2, -0.15) is 0 Å². The molecule has 0 saturated heterocycles. The fourth-order valence-corrected chi connectivity index (χ4v) is 3.12. The summed E-state index contributed by atoms with van der Waals surface area (Å²) in [6, 6.07) is 7.94. The van der Waals surface area contributed by atoms with E-state index in [9.17, 15) is 0 Å². The first-order chi connectivity index (χ1) is 11.1. The maximum absolute atomic E-state index is 5.37. The molecule has 1 aromatic carbocycles. The molecule has 124 valence electrons. The molecule has 0 aliphatic rings. The van der Waals surface area contributed by atoms with Crippen molar-refractivity contribution in [2.75, 3.05) is 13.7 Å². The predicted molar refractivity (Wildman–Crippen MR) is 96.2 cm³/mol. The van der Waals surface area contributed by atoms with Gasteiger partial charge in [0, 0.05) is 17.0 Å². The van der Waals surface area contributed by atoms with E-state index in [1.807, 2.05) is 38.1 Å². The summed E-state index contributed by atoms with van der Waals surface area (Å²) in [5.41, 5.74) is 2.15. The van der Waals surface area contributed by atoms with Crippen LogP contribution in [0, 0.1) is 13.8 Å². The molecule has 0 aliphatic carbocycles. The van der Waals surface area contributed by atoms with Gasteiger partial charge in [-0.1, -0.05) is 18.2 Å². The summed E-state index contributed by atoms with van der Waals surface area (Å²) in [4.78, 5) is 10.3. The molecular weight excluding hydrogens is 308 g/mol. The number of aromatic nitrogens is 1. The van der Waals surface area contributed by atoms with Crippen molar-refractivity contribution < 1.29 is 4.74 Å². The fourth-order valence-electron chi connectivity index (χ4n) is 2.24. The van der Waals surface area contributed by atoms with Crippen LogP contribution in [0.5, 0.6) is 5.75 Å². The summed E-state index contributed by atoms with van der Waals surface area (Å²) >= 11 is 1.72. The van der Waals surface area contributed by atoms with E-state index in [0.717, 1.165) is 41.1 Å². The van der Waals surface area contributed by atoms with Crippen LogP contribution < -0.4 is 15.4 Å². The maximum Gasteiger partial charge on any atom is 0.191 e. The van der Waals surface area contributed by atoms with E-state index in [1.54, 1.807) is 18.4 Å². The molecule has 2 N–H and O–H groups in total. The van der Waals surface area contributed by atoms with E-state index in [4.69, 9.17) is 4.74 Å². The summed E-state index contributed by atoms with van der Waals surface area (Å²) in [5, 5.41) is 7.73. The van der Waals surface area contributed by atoms with Crippen LogP contribution in [-0.2, 0) is 13.1 Å². The van der Waals surface area contributed by atoms with Gasteiger partial charge in [0.1, 0.15) is 5.75 Å². The summed E-state index contributed by atoms with van der Waals surface area (Å²) < 4.78 is 5.37. The third-order valence-corrected chi connectivity index (χ3v) is 4.43. The second-order valence-corrected chi connectivity index (χ2v) is 6.39. The highest BCUT2D eigenvalue weighted by atomic mass is 32.1. The molecule has 0 atom stereocenters. The lowest BCUT2D eigenvalue weighted by molar-refractivity contribution is 0.410. The molecule has 0 amide bonds. The van der Waals surface area contributed by atoms with Crippen molar-refractivity contribution in [3.8, 4) is 5.75 Å². The topological polar surface area (TPSA) is 58.5 Å². The zero-order chi connectivity index (χ0) is 16.7. The molecule has 0 unspecified atom stereocenters. The Morgan fingerprint density at radius 1 is 1.26 bits per heavy atom. The quantitative estimate of drug-likeness (QED) is 0.631. The number of rotatable bonds is 6. The van der Waals surface area contributed by atoms with Crippen LogP contribution in [0.15, 0.2) is 29.3 Å². The van der Waals surface area contributed by atoms with Gasteiger partial charge in [0.2, 0.25) is 0 Å². The Balaban J connectivity index is 2.03. The monoisotopic (exact) mass is 332 g/mol. The van der Waals surface area contributed by atoms with Crippen molar-refractivity contribution in [3.05, 3.63) is 45.4 Å². The smallest absolute Gasteiger partial charge is 0.191 e. The van der Waals surface area contributed by atoms with Gasteiger partial charge in [-0.15, -0.1) is 11.3 Å².